The highest BCUT2D eigenvalue weighted by Gasteiger charge is 2.36. The van der Waals surface area contributed by atoms with Crippen LogP contribution < -0.4 is 18.5 Å². The van der Waals surface area contributed by atoms with Gasteiger partial charge in [-0.25, -0.2) is 0 Å². The second kappa shape index (κ2) is 17.1. The number of fused-ring (bicyclic) bond motifs is 3. The summed E-state index contributed by atoms with van der Waals surface area (Å²) in [4.78, 5) is 0. The zero-order chi connectivity index (χ0) is 45.0. The monoisotopic (exact) mass is 876 g/mol. The third-order valence-electron chi connectivity index (χ3n) is 10.9. The molecule has 5 aromatic rings. The molecule has 4 aromatic carbocycles. The van der Waals surface area contributed by atoms with E-state index >= 15 is 0 Å². The van der Waals surface area contributed by atoms with Crippen LogP contribution >= 0.6 is 16.8 Å². The first kappa shape index (κ1) is 46.7. The topological polar surface area (TPSA) is 122 Å². The molecule has 0 unspecified atom stereocenters. The lowest BCUT2D eigenvalue weighted by molar-refractivity contribution is 0.0425. The first-order chi connectivity index (χ1) is 28.3. The zero-order valence-corrected chi connectivity index (χ0v) is 40.8. The summed E-state index contributed by atoms with van der Waals surface area (Å²) >= 11 is 0. The largest absolute Gasteiger partial charge is 0.497 e. The SMILES string of the molecule is COc1cc(-c2cc(OC)cc(C(C)(C)C)c2Op2oc3c(C(C)(C)C)cc(CO)cc3c3cc(CO)cc(C(C)(C)C)c3o2)c(OP2OCC(C)(C)CO2)c(C(C)(C)C)c1. The van der Waals surface area contributed by atoms with E-state index in [0.717, 1.165) is 44.2 Å². The molecule has 0 atom stereocenters. The van der Waals surface area contributed by atoms with E-state index in [2.05, 4.69) is 96.9 Å². The van der Waals surface area contributed by atoms with Crippen molar-refractivity contribution in [2.45, 2.75) is 132 Å². The van der Waals surface area contributed by atoms with Gasteiger partial charge in [-0.1, -0.05) is 96.9 Å². The number of aliphatic hydroxyl groups is 2. The van der Waals surface area contributed by atoms with Crippen LogP contribution in [0.25, 0.3) is 33.1 Å². The zero-order valence-electron chi connectivity index (χ0n) is 39.0. The van der Waals surface area contributed by atoms with Crippen LogP contribution in [0, 0.1) is 5.41 Å². The number of benzene rings is 4. The van der Waals surface area contributed by atoms with Gasteiger partial charge in [0, 0.05) is 49.6 Å². The summed E-state index contributed by atoms with van der Waals surface area (Å²) in [5, 5.41) is 22.6. The smallest absolute Gasteiger partial charge is 0.453 e. The van der Waals surface area contributed by atoms with Gasteiger partial charge in [0.05, 0.1) is 40.6 Å². The molecule has 2 N–H and O–H groups in total. The first-order valence-electron chi connectivity index (χ1n) is 20.9. The lowest BCUT2D eigenvalue weighted by atomic mass is 9.81. The number of ether oxygens (including phenoxy) is 2. The summed E-state index contributed by atoms with van der Waals surface area (Å²) < 4.78 is 52.9. The second-order valence-corrected chi connectivity index (χ2v) is 23.1. The first-order valence-corrected chi connectivity index (χ1v) is 23.1. The fraction of sp³-hybridized carbons (Fsp3) is 0.510. The Morgan fingerprint density at radius 1 is 0.541 bits per heavy atom. The van der Waals surface area contributed by atoms with Crippen molar-refractivity contribution in [3.8, 4) is 34.1 Å². The highest BCUT2D eigenvalue weighted by Crippen LogP contribution is 2.56. The molecule has 0 radical (unpaired) electrons. The van der Waals surface area contributed by atoms with Gasteiger partial charge in [0.25, 0.3) is 0 Å². The minimum Gasteiger partial charge on any atom is -0.497 e. The maximum absolute atomic E-state index is 10.5. The summed E-state index contributed by atoms with van der Waals surface area (Å²) in [7, 11) is -0.686. The maximum atomic E-state index is 10.5. The van der Waals surface area contributed by atoms with E-state index in [1.54, 1.807) is 14.2 Å². The minimum absolute atomic E-state index is 0.148. The van der Waals surface area contributed by atoms with E-state index in [1.807, 2.05) is 48.5 Å². The van der Waals surface area contributed by atoms with E-state index in [4.69, 9.17) is 36.0 Å². The predicted octanol–water partition coefficient (Wildman–Crippen LogP) is 13.7. The maximum Gasteiger partial charge on any atom is 0.453 e. The van der Waals surface area contributed by atoms with Gasteiger partial charge in [-0.3, -0.25) is 0 Å². The molecule has 0 amide bonds. The van der Waals surface area contributed by atoms with E-state index in [-0.39, 0.29) is 18.6 Å². The fourth-order valence-electron chi connectivity index (χ4n) is 7.36. The molecule has 12 heteroatoms. The van der Waals surface area contributed by atoms with Crippen LogP contribution in [0.4, 0.5) is 0 Å². The Balaban J connectivity index is 1.77. The van der Waals surface area contributed by atoms with Crippen molar-refractivity contribution in [1.29, 1.82) is 0 Å². The summed E-state index contributed by atoms with van der Waals surface area (Å²) in [6.45, 7) is 30.4. The Labute approximate surface area is 364 Å². The summed E-state index contributed by atoms with van der Waals surface area (Å²) in [6, 6.07) is 15.8. The fourth-order valence-corrected chi connectivity index (χ4v) is 9.95. The Kier molecular flexibility index (Phi) is 13.1. The summed E-state index contributed by atoms with van der Waals surface area (Å²) in [6.07, 6.45) is 0. The lowest BCUT2D eigenvalue weighted by Crippen LogP contribution is -2.29. The molecule has 332 valence electrons. The van der Waals surface area contributed by atoms with Gasteiger partial charge in [0.1, 0.15) is 34.2 Å². The third kappa shape index (κ3) is 10.1. The van der Waals surface area contributed by atoms with E-state index in [1.165, 1.54) is 0 Å². The van der Waals surface area contributed by atoms with Crippen molar-refractivity contribution >= 4 is 38.8 Å². The molecule has 6 rings (SSSR count). The van der Waals surface area contributed by atoms with Gasteiger partial charge in [-0.05, 0) is 81.3 Å². The molecule has 0 spiro atoms. The lowest BCUT2D eigenvalue weighted by Gasteiger charge is -2.34. The molecule has 2 heterocycles. The standard InChI is InChI=1S/C49H66O10P2/c1-45(2,3)37-19-29(25-50)17-33-34-18-30(26-51)20-38(46(4,5)6)42(34)58-61(57-41(33)37)59-44-36(22-32(53-16)24-40(44)48(10,11)12)35-21-31(52-15)23-39(47(7,8)9)43(35)56-60-54-27-49(13,14)28-55-60/h17-24,50-51H,25-28H2,1-16H3. The quantitative estimate of drug-likeness (QED) is 0.138. The molecule has 0 saturated carbocycles. The van der Waals surface area contributed by atoms with E-state index in [9.17, 15) is 10.2 Å². The van der Waals surface area contributed by atoms with Crippen LogP contribution in [0.3, 0.4) is 0 Å². The van der Waals surface area contributed by atoms with Crippen LogP contribution in [0.5, 0.6) is 23.0 Å². The number of hydrogen-bond acceptors (Lipinski definition) is 10. The number of aliphatic hydroxyl groups excluding tert-OH is 2. The average molecular weight is 877 g/mol. The molecule has 61 heavy (non-hydrogen) atoms. The molecule has 1 aliphatic rings. The number of rotatable bonds is 9. The molecular weight excluding hydrogens is 810 g/mol. The molecule has 1 aliphatic heterocycles. The van der Waals surface area contributed by atoms with Gasteiger partial charge >= 0.3 is 16.8 Å². The Morgan fingerprint density at radius 2 is 0.918 bits per heavy atom. The molecular formula is C49H66O10P2. The number of methoxy groups -OCH3 is 2. The van der Waals surface area contributed by atoms with Gasteiger partial charge in [-0.2, -0.15) is 0 Å². The van der Waals surface area contributed by atoms with Crippen molar-refractivity contribution in [2.24, 2.45) is 5.41 Å². The van der Waals surface area contributed by atoms with Crippen molar-refractivity contribution in [3.05, 3.63) is 81.9 Å². The van der Waals surface area contributed by atoms with Gasteiger partial charge in [0.2, 0.25) is 0 Å². The third-order valence-corrected chi connectivity index (χ3v) is 12.9. The van der Waals surface area contributed by atoms with E-state index < -0.39 is 38.5 Å². The van der Waals surface area contributed by atoms with Crippen LogP contribution in [0.1, 0.15) is 130 Å². The van der Waals surface area contributed by atoms with Gasteiger partial charge in [-0.15, -0.1) is 0 Å². The molecule has 1 saturated heterocycles. The predicted molar refractivity (Wildman–Crippen MR) is 247 cm³/mol. The van der Waals surface area contributed by atoms with Crippen LogP contribution in [-0.4, -0.2) is 37.6 Å². The van der Waals surface area contributed by atoms with Crippen molar-refractivity contribution in [2.75, 3.05) is 27.4 Å². The second-order valence-electron chi connectivity index (χ2n) is 21.0. The molecule has 0 aliphatic carbocycles. The number of hydrogen-bond donors (Lipinski definition) is 2. The van der Waals surface area contributed by atoms with E-state index in [0.29, 0.717) is 58.5 Å². The van der Waals surface area contributed by atoms with Gasteiger partial charge < -0.3 is 46.2 Å². The molecule has 1 fully saturated rings. The van der Waals surface area contributed by atoms with Crippen molar-refractivity contribution in [1.82, 2.24) is 0 Å². The highest BCUT2D eigenvalue weighted by atomic mass is 31.2. The summed E-state index contributed by atoms with van der Waals surface area (Å²) in [5.74, 6) is 2.37. The Bertz CT molecular complexity index is 2360. The van der Waals surface area contributed by atoms with Crippen LogP contribution in [0.15, 0.2) is 56.9 Å². The van der Waals surface area contributed by atoms with Crippen molar-refractivity contribution in [3.63, 3.8) is 0 Å². The Hall–Kier alpha value is -3.75. The van der Waals surface area contributed by atoms with Crippen LogP contribution in [-0.2, 0) is 43.9 Å². The average Bonchev–Trinajstić information content (AvgIpc) is 3.32. The highest BCUT2D eigenvalue weighted by molar-refractivity contribution is 7.42. The molecule has 1 aromatic heterocycles. The van der Waals surface area contributed by atoms with Crippen molar-refractivity contribution < 1.29 is 46.2 Å². The Morgan fingerprint density at radius 3 is 1.26 bits per heavy atom. The summed E-state index contributed by atoms with van der Waals surface area (Å²) in [5.41, 5.74) is 5.73. The normalized spacial score (nSPS) is 15.3. The molecule has 10 nitrogen and oxygen atoms in total. The van der Waals surface area contributed by atoms with Gasteiger partial charge in [0.15, 0.2) is 0 Å². The van der Waals surface area contributed by atoms with Crippen LogP contribution in [0.2, 0.25) is 0 Å². The molecule has 0 bridgehead atoms. The minimum atomic E-state index is -2.25.